The van der Waals surface area contributed by atoms with E-state index in [1.54, 1.807) is 0 Å². The van der Waals surface area contributed by atoms with Crippen LogP contribution in [0.2, 0.25) is 5.02 Å². The van der Waals surface area contributed by atoms with Gasteiger partial charge in [-0.25, -0.2) is 0 Å². The summed E-state index contributed by atoms with van der Waals surface area (Å²) in [7, 11) is 0. The number of rotatable bonds is 2. The largest absolute Gasteiger partial charge is 0.768 e. The maximum atomic E-state index is 10.4. The van der Waals surface area contributed by atoms with Crippen LogP contribution in [0.25, 0.3) is 0 Å². The van der Waals surface area contributed by atoms with Gasteiger partial charge in [-0.1, -0.05) is 11.6 Å². The van der Waals surface area contributed by atoms with Crippen molar-refractivity contribution in [2.75, 3.05) is 0 Å². The summed E-state index contributed by atoms with van der Waals surface area (Å²) in [6.45, 7) is 0. The van der Waals surface area contributed by atoms with Gasteiger partial charge in [-0.15, -0.1) is 0 Å². The van der Waals surface area contributed by atoms with Gasteiger partial charge in [0, 0.05) is 11.0 Å². The lowest BCUT2D eigenvalue weighted by atomic mass is 10.3. The molecule has 7 heteroatoms. The number of halogens is 1. The minimum absolute atomic E-state index is 0.0735. The van der Waals surface area contributed by atoms with Gasteiger partial charge in [0.25, 0.3) is 5.69 Å². The first-order valence-electron chi connectivity index (χ1n) is 3.05. The van der Waals surface area contributed by atoms with Crippen LogP contribution in [-0.4, -0.2) is 13.7 Å². The van der Waals surface area contributed by atoms with Crippen molar-refractivity contribution in [2.24, 2.45) is 0 Å². The molecule has 0 fully saturated rings. The van der Waals surface area contributed by atoms with Crippen molar-refractivity contribution < 1.29 is 13.7 Å². The lowest BCUT2D eigenvalue weighted by molar-refractivity contribution is -0.384. The van der Waals surface area contributed by atoms with E-state index in [0.717, 1.165) is 18.2 Å². The molecule has 1 unspecified atom stereocenters. The maximum Gasteiger partial charge on any atom is 0.287 e. The SMILES string of the molecule is O=[N+]([O-])c1ccc(S(=O)[O-])cc1Cl. The van der Waals surface area contributed by atoms with Gasteiger partial charge in [0.2, 0.25) is 0 Å². The first-order valence-corrected chi connectivity index (χ1v) is 4.51. The van der Waals surface area contributed by atoms with Gasteiger partial charge in [0.15, 0.2) is 0 Å². The number of benzene rings is 1. The van der Waals surface area contributed by atoms with Crippen LogP contribution in [0.5, 0.6) is 0 Å². The quantitative estimate of drug-likeness (QED) is 0.429. The van der Waals surface area contributed by atoms with E-state index in [2.05, 4.69) is 0 Å². The van der Waals surface area contributed by atoms with Crippen LogP contribution in [0, 0.1) is 10.1 Å². The Morgan fingerprint density at radius 1 is 1.46 bits per heavy atom. The second-order valence-electron chi connectivity index (χ2n) is 2.11. The third kappa shape index (κ3) is 2.24. The van der Waals surface area contributed by atoms with Gasteiger partial charge >= 0.3 is 0 Å². The molecule has 0 aliphatic rings. The zero-order valence-electron chi connectivity index (χ0n) is 6.10. The third-order valence-electron chi connectivity index (χ3n) is 1.31. The van der Waals surface area contributed by atoms with Crippen molar-refractivity contribution in [3.63, 3.8) is 0 Å². The van der Waals surface area contributed by atoms with E-state index in [1.807, 2.05) is 0 Å². The Balaban J connectivity index is 3.20. The van der Waals surface area contributed by atoms with Crippen LogP contribution in [0.4, 0.5) is 5.69 Å². The van der Waals surface area contributed by atoms with Crippen molar-refractivity contribution >= 4 is 28.4 Å². The third-order valence-corrected chi connectivity index (χ3v) is 2.25. The smallest absolute Gasteiger partial charge is 0.287 e. The maximum absolute atomic E-state index is 10.4. The standard InChI is InChI=1S/C6H4ClNO4S/c7-5-3-4(13(11)12)1-2-6(5)8(9)10/h1-3H,(H,11,12)/p-1. The van der Waals surface area contributed by atoms with Gasteiger partial charge in [-0.2, -0.15) is 0 Å². The van der Waals surface area contributed by atoms with E-state index in [0.29, 0.717) is 0 Å². The fourth-order valence-electron chi connectivity index (χ4n) is 0.739. The molecule has 0 bridgehead atoms. The summed E-state index contributed by atoms with van der Waals surface area (Å²) >= 11 is 3.04. The number of nitrogens with zero attached hydrogens (tertiary/aromatic N) is 1. The van der Waals surface area contributed by atoms with Gasteiger partial charge in [-0.05, 0) is 23.2 Å². The molecule has 0 N–H and O–H groups in total. The molecule has 0 radical (unpaired) electrons. The topological polar surface area (TPSA) is 83.3 Å². The molecule has 13 heavy (non-hydrogen) atoms. The zero-order chi connectivity index (χ0) is 10.0. The average Bonchev–Trinajstić information content (AvgIpc) is 2.03. The minimum Gasteiger partial charge on any atom is -0.768 e. The number of hydrogen-bond donors (Lipinski definition) is 0. The first kappa shape index (κ1) is 10.1. The molecule has 70 valence electrons. The summed E-state index contributed by atoms with van der Waals surface area (Å²) < 4.78 is 20.8. The summed E-state index contributed by atoms with van der Waals surface area (Å²) in [5.41, 5.74) is -0.309. The highest BCUT2D eigenvalue weighted by Crippen LogP contribution is 2.25. The van der Waals surface area contributed by atoms with E-state index >= 15 is 0 Å². The Morgan fingerprint density at radius 2 is 2.08 bits per heavy atom. The lowest BCUT2D eigenvalue weighted by Gasteiger charge is -2.04. The normalized spacial score (nSPS) is 12.5. The molecule has 5 nitrogen and oxygen atoms in total. The van der Waals surface area contributed by atoms with Crippen molar-refractivity contribution in [3.8, 4) is 0 Å². The Labute approximate surface area is 80.8 Å². The molecule has 0 aliphatic carbocycles. The van der Waals surface area contributed by atoms with Gasteiger partial charge in [-0.3, -0.25) is 14.3 Å². The number of hydrogen-bond acceptors (Lipinski definition) is 4. The van der Waals surface area contributed by atoms with Gasteiger partial charge in [0.05, 0.1) is 4.92 Å². The molecule has 1 atom stereocenters. The Morgan fingerprint density at radius 3 is 2.46 bits per heavy atom. The second-order valence-corrected chi connectivity index (χ2v) is 3.45. The summed E-state index contributed by atoms with van der Waals surface area (Å²) in [5, 5.41) is 10.1. The van der Waals surface area contributed by atoms with Crippen molar-refractivity contribution in [3.05, 3.63) is 33.3 Å². The van der Waals surface area contributed by atoms with Crippen LogP contribution in [0.3, 0.4) is 0 Å². The molecule has 0 heterocycles. The molecule has 0 aromatic heterocycles. The lowest BCUT2D eigenvalue weighted by Crippen LogP contribution is -1.92. The van der Waals surface area contributed by atoms with Crippen LogP contribution in [0.1, 0.15) is 0 Å². The molecular formula is C6H3ClNO4S-. The zero-order valence-corrected chi connectivity index (χ0v) is 7.67. The van der Waals surface area contributed by atoms with Crippen molar-refractivity contribution in [1.82, 2.24) is 0 Å². The Bertz CT molecular complexity index is 381. The van der Waals surface area contributed by atoms with Crippen molar-refractivity contribution in [1.29, 1.82) is 0 Å². The Kier molecular flexibility index (Phi) is 2.97. The summed E-state index contributed by atoms with van der Waals surface area (Å²) in [4.78, 5) is 9.52. The van der Waals surface area contributed by atoms with E-state index < -0.39 is 16.0 Å². The molecule has 1 aromatic rings. The van der Waals surface area contributed by atoms with E-state index in [-0.39, 0.29) is 15.6 Å². The van der Waals surface area contributed by atoms with E-state index in [1.165, 1.54) is 0 Å². The fourth-order valence-corrected chi connectivity index (χ4v) is 1.45. The highest BCUT2D eigenvalue weighted by atomic mass is 35.5. The molecule has 1 rings (SSSR count). The second kappa shape index (κ2) is 3.82. The average molecular weight is 221 g/mol. The molecule has 0 saturated heterocycles. The Hall–Kier alpha value is -0.980. The van der Waals surface area contributed by atoms with Crippen molar-refractivity contribution in [2.45, 2.75) is 4.90 Å². The van der Waals surface area contributed by atoms with Gasteiger partial charge < -0.3 is 4.55 Å². The van der Waals surface area contributed by atoms with E-state index in [4.69, 9.17) is 11.6 Å². The number of nitro groups is 1. The molecule has 1 aromatic carbocycles. The molecule has 0 saturated carbocycles. The molecule has 0 amide bonds. The molecule has 0 aliphatic heterocycles. The van der Waals surface area contributed by atoms with Gasteiger partial charge in [0.1, 0.15) is 5.02 Å². The van der Waals surface area contributed by atoms with Crippen LogP contribution in [0.15, 0.2) is 23.1 Å². The molecule has 0 spiro atoms. The summed E-state index contributed by atoms with van der Waals surface area (Å²) in [5.74, 6) is 0. The minimum atomic E-state index is -2.42. The predicted molar refractivity (Wildman–Crippen MR) is 45.3 cm³/mol. The first-order chi connectivity index (χ1) is 6.02. The van der Waals surface area contributed by atoms with Crippen LogP contribution >= 0.6 is 11.6 Å². The highest BCUT2D eigenvalue weighted by molar-refractivity contribution is 7.79. The van der Waals surface area contributed by atoms with Crippen LogP contribution in [-0.2, 0) is 11.1 Å². The molecular weight excluding hydrogens is 218 g/mol. The fraction of sp³-hybridized carbons (Fsp3) is 0. The predicted octanol–water partition coefficient (Wildman–Crippen LogP) is 1.49. The van der Waals surface area contributed by atoms with Crippen LogP contribution < -0.4 is 0 Å². The number of nitro benzene ring substituents is 1. The summed E-state index contributed by atoms with van der Waals surface area (Å²) in [6.07, 6.45) is 0. The summed E-state index contributed by atoms with van der Waals surface area (Å²) in [6, 6.07) is 3.20. The highest BCUT2D eigenvalue weighted by Gasteiger charge is 2.11. The monoisotopic (exact) mass is 220 g/mol. The van der Waals surface area contributed by atoms with E-state index in [9.17, 15) is 18.9 Å².